The Morgan fingerprint density at radius 3 is 2.74 bits per heavy atom. The van der Waals surface area contributed by atoms with Crippen LogP contribution in [0, 0.1) is 0 Å². The lowest BCUT2D eigenvalue weighted by molar-refractivity contribution is -0.127. The lowest BCUT2D eigenvalue weighted by atomic mass is 10.2. The number of benzene rings is 1. The number of nitrogens with one attached hydrogen (secondary N) is 1. The first-order valence-corrected chi connectivity index (χ1v) is 7.24. The van der Waals surface area contributed by atoms with Gasteiger partial charge in [-0.2, -0.15) is 0 Å². The zero-order chi connectivity index (χ0) is 13.8. The van der Waals surface area contributed by atoms with E-state index < -0.39 is 6.10 Å². The quantitative estimate of drug-likeness (QED) is 0.918. The first-order valence-electron chi connectivity index (χ1n) is 6.48. The Kier molecular flexibility index (Phi) is 4.94. The summed E-state index contributed by atoms with van der Waals surface area (Å²) < 4.78 is 5.57. The summed E-state index contributed by atoms with van der Waals surface area (Å²) in [5.74, 6) is 0.325. The van der Waals surface area contributed by atoms with Crippen LogP contribution in [0.3, 0.4) is 0 Å². The molecule has 1 unspecified atom stereocenters. The highest BCUT2D eigenvalue weighted by atomic mass is 35.5. The molecule has 1 aromatic carbocycles. The van der Waals surface area contributed by atoms with E-state index in [1.54, 1.807) is 25.1 Å². The van der Waals surface area contributed by atoms with E-state index in [0.29, 0.717) is 15.8 Å². The lowest BCUT2D eigenvalue weighted by Crippen LogP contribution is -2.41. The van der Waals surface area contributed by atoms with Crippen molar-refractivity contribution in [3.05, 3.63) is 28.2 Å². The molecule has 104 valence electrons. The Hall–Kier alpha value is -0.930. The molecule has 1 saturated carbocycles. The van der Waals surface area contributed by atoms with E-state index in [9.17, 15) is 4.79 Å². The van der Waals surface area contributed by atoms with Gasteiger partial charge in [0.15, 0.2) is 6.10 Å². The Balaban J connectivity index is 1.93. The van der Waals surface area contributed by atoms with Crippen molar-refractivity contribution in [2.75, 3.05) is 0 Å². The van der Waals surface area contributed by atoms with Crippen molar-refractivity contribution in [1.29, 1.82) is 0 Å². The van der Waals surface area contributed by atoms with Crippen molar-refractivity contribution >= 4 is 29.1 Å². The highest BCUT2D eigenvalue weighted by Crippen LogP contribution is 2.28. The molecular formula is C14H17Cl2NO2. The Morgan fingerprint density at radius 1 is 1.37 bits per heavy atom. The van der Waals surface area contributed by atoms with Crippen LogP contribution in [-0.4, -0.2) is 18.1 Å². The molecule has 1 aliphatic rings. The summed E-state index contributed by atoms with van der Waals surface area (Å²) in [6.07, 6.45) is 3.88. The minimum atomic E-state index is -0.587. The number of hydrogen-bond donors (Lipinski definition) is 1. The van der Waals surface area contributed by atoms with Gasteiger partial charge in [-0.3, -0.25) is 4.79 Å². The normalized spacial score (nSPS) is 17.2. The van der Waals surface area contributed by atoms with Crippen LogP contribution < -0.4 is 10.1 Å². The summed E-state index contributed by atoms with van der Waals surface area (Å²) in [5, 5.41) is 3.97. The fraction of sp³-hybridized carbons (Fsp3) is 0.500. The van der Waals surface area contributed by atoms with E-state index in [2.05, 4.69) is 5.32 Å². The molecule has 5 heteroatoms. The van der Waals surface area contributed by atoms with Crippen LogP contribution in [0.25, 0.3) is 0 Å². The van der Waals surface area contributed by atoms with Crippen LogP contribution in [0.2, 0.25) is 10.0 Å². The second kappa shape index (κ2) is 6.49. The summed E-state index contributed by atoms with van der Waals surface area (Å²) >= 11 is 11.9. The molecule has 0 spiro atoms. The number of hydrogen-bond acceptors (Lipinski definition) is 2. The first-order chi connectivity index (χ1) is 9.06. The molecule has 0 bridgehead atoms. The van der Waals surface area contributed by atoms with Crippen molar-refractivity contribution in [1.82, 2.24) is 5.32 Å². The summed E-state index contributed by atoms with van der Waals surface area (Å²) in [6, 6.07) is 5.23. The standard InChI is InChI=1S/C14H17Cl2NO2/c1-9(14(18)17-11-4-2-3-5-11)19-13-8-10(15)6-7-12(13)16/h6-9,11H,2-5H2,1H3,(H,17,18). The SMILES string of the molecule is CC(Oc1cc(Cl)ccc1Cl)C(=O)NC1CCCC1. The molecule has 1 N–H and O–H groups in total. The van der Waals surface area contributed by atoms with Gasteiger partial charge in [0.2, 0.25) is 0 Å². The molecule has 3 nitrogen and oxygen atoms in total. The molecular weight excluding hydrogens is 285 g/mol. The predicted octanol–water partition coefficient (Wildman–Crippen LogP) is 3.82. The highest BCUT2D eigenvalue weighted by Gasteiger charge is 2.22. The van der Waals surface area contributed by atoms with Gasteiger partial charge < -0.3 is 10.1 Å². The van der Waals surface area contributed by atoms with Crippen LogP contribution in [0.15, 0.2) is 18.2 Å². The second-order valence-electron chi connectivity index (χ2n) is 4.82. The lowest BCUT2D eigenvalue weighted by Gasteiger charge is -2.18. The van der Waals surface area contributed by atoms with Gasteiger partial charge in [-0.15, -0.1) is 0 Å². The predicted molar refractivity (Wildman–Crippen MR) is 77.0 cm³/mol. The van der Waals surface area contributed by atoms with E-state index in [0.717, 1.165) is 12.8 Å². The van der Waals surface area contributed by atoms with Gasteiger partial charge in [-0.1, -0.05) is 36.0 Å². The Labute approximate surface area is 123 Å². The molecule has 1 fully saturated rings. The van der Waals surface area contributed by atoms with E-state index in [1.807, 2.05) is 0 Å². The summed E-state index contributed by atoms with van der Waals surface area (Å²) in [6.45, 7) is 1.71. The molecule has 0 heterocycles. The number of carbonyl (C=O) groups excluding carboxylic acids is 1. The van der Waals surface area contributed by atoms with Gasteiger partial charge in [0, 0.05) is 17.1 Å². The van der Waals surface area contributed by atoms with E-state index >= 15 is 0 Å². The van der Waals surface area contributed by atoms with E-state index in [1.165, 1.54) is 12.8 Å². The van der Waals surface area contributed by atoms with Crippen molar-refractivity contribution in [2.24, 2.45) is 0 Å². The monoisotopic (exact) mass is 301 g/mol. The minimum absolute atomic E-state index is 0.108. The van der Waals surface area contributed by atoms with Crippen molar-refractivity contribution in [3.8, 4) is 5.75 Å². The van der Waals surface area contributed by atoms with Crippen molar-refractivity contribution < 1.29 is 9.53 Å². The third kappa shape index (κ3) is 4.02. The average Bonchev–Trinajstić information content (AvgIpc) is 2.86. The molecule has 0 aliphatic heterocycles. The first kappa shape index (κ1) is 14.5. The zero-order valence-corrected chi connectivity index (χ0v) is 12.3. The molecule has 2 rings (SSSR count). The molecule has 1 aliphatic carbocycles. The number of ether oxygens (including phenoxy) is 1. The van der Waals surface area contributed by atoms with Gasteiger partial charge in [-0.25, -0.2) is 0 Å². The van der Waals surface area contributed by atoms with Crippen LogP contribution in [0.5, 0.6) is 5.75 Å². The largest absolute Gasteiger partial charge is 0.479 e. The third-order valence-corrected chi connectivity index (χ3v) is 3.82. The summed E-state index contributed by atoms with van der Waals surface area (Å²) in [4.78, 5) is 12.0. The molecule has 19 heavy (non-hydrogen) atoms. The van der Waals surface area contributed by atoms with E-state index in [4.69, 9.17) is 27.9 Å². The van der Waals surface area contributed by atoms with Crippen LogP contribution in [-0.2, 0) is 4.79 Å². The Morgan fingerprint density at radius 2 is 2.05 bits per heavy atom. The summed E-state index contributed by atoms with van der Waals surface area (Å²) in [7, 11) is 0. The summed E-state index contributed by atoms with van der Waals surface area (Å²) in [5.41, 5.74) is 0. The van der Waals surface area contributed by atoms with Crippen LogP contribution >= 0.6 is 23.2 Å². The smallest absolute Gasteiger partial charge is 0.260 e. The molecule has 0 radical (unpaired) electrons. The van der Waals surface area contributed by atoms with Crippen LogP contribution in [0.4, 0.5) is 0 Å². The van der Waals surface area contributed by atoms with E-state index in [-0.39, 0.29) is 11.9 Å². The molecule has 0 saturated heterocycles. The molecule has 0 aromatic heterocycles. The maximum atomic E-state index is 12.0. The highest BCUT2D eigenvalue weighted by molar-refractivity contribution is 6.34. The molecule has 1 amide bonds. The number of carbonyl (C=O) groups is 1. The van der Waals surface area contributed by atoms with Gasteiger partial charge >= 0.3 is 0 Å². The fourth-order valence-corrected chi connectivity index (χ4v) is 2.52. The number of halogens is 2. The van der Waals surface area contributed by atoms with Gasteiger partial charge in [0.05, 0.1) is 5.02 Å². The maximum Gasteiger partial charge on any atom is 0.260 e. The average molecular weight is 302 g/mol. The minimum Gasteiger partial charge on any atom is -0.479 e. The van der Waals surface area contributed by atoms with Gasteiger partial charge in [0.1, 0.15) is 5.75 Å². The van der Waals surface area contributed by atoms with Crippen molar-refractivity contribution in [2.45, 2.75) is 44.8 Å². The number of rotatable bonds is 4. The van der Waals surface area contributed by atoms with Gasteiger partial charge in [-0.05, 0) is 31.9 Å². The molecule has 1 aromatic rings. The van der Waals surface area contributed by atoms with Crippen LogP contribution in [0.1, 0.15) is 32.6 Å². The van der Waals surface area contributed by atoms with Gasteiger partial charge in [0.25, 0.3) is 5.91 Å². The van der Waals surface area contributed by atoms with Crippen molar-refractivity contribution in [3.63, 3.8) is 0 Å². The maximum absolute atomic E-state index is 12.0. The second-order valence-corrected chi connectivity index (χ2v) is 5.67. The zero-order valence-electron chi connectivity index (χ0n) is 10.8. The Bertz CT molecular complexity index is 459. The number of amides is 1. The fourth-order valence-electron chi connectivity index (χ4n) is 2.20. The third-order valence-electron chi connectivity index (χ3n) is 3.27. The molecule has 1 atom stereocenters. The topological polar surface area (TPSA) is 38.3 Å².